The lowest BCUT2D eigenvalue weighted by Gasteiger charge is -2.26. The molecule has 4 aromatic rings. The van der Waals surface area contributed by atoms with Gasteiger partial charge in [0.2, 0.25) is 10.0 Å². The standard InChI is InChI=1S/C26H26N4O4S/c1-18-10-11-30-23(16-18)27-24(20-6-4-3-5-7-20)25(30)28-26(31)22-17-21(9-8-19(22)2)35(32,33)29-12-14-34-15-13-29/h3-11,16-17H,12-15H2,1-2H3,(H,28,31). The van der Waals surface area contributed by atoms with E-state index >= 15 is 0 Å². The van der Waals surface area contributed by atoms with Crippen LogP contribution in [0.25, 0.3) is 16.9 Å². The summed E-state index contributed by atoms with van der Waals surface area (Å²) in [4.78, 5) is 18.4. The van der Waals surface area contributed by atoms with Crippen LogP contribution in [0.2, 0.25) is 0 Å². The van der Waals surface area contributed by atoms with E-state index in [-0.39, 0.29) is 4.90 Å². The van der Waals surface area contributed by atoms with Crippen LogP contribution in [-0.4, -0.2) is 54.3 Å². The van der Waals surface area contributed by atoms with Crippen molar-refractivity contribution >= 4 is 27.4 Å². The van der Waals surface area contributed by atoms with Gasteiger partial charge in [-0.15, -0.1) is 0 Å². The van der Waals surface area contributed by atoms with E-state index in [1.807, 2.05) is 60.0 Å². The minimum absolute atomic E-state index is 0.0900. The predicted molar refractivity (Wildman–Crippen MR) is 134 cm³/mol. The number of fused-ring (bicyclic) bond motifs is 1. The molecule has 0 spiro atoms. The molecule has 1 aliphatic rings. The van der Waals surface area contributed by atoms with E-state index in [0.29, 0.717) is 54.6 Å². The van der Waals surface area contributed by atoms with Crippen LogP contribution in [0, 0.1) is 13.8 Å². The second-order valence-corrected chi connectivity index (χ2v) is 10.5. The number of hydrogen-bond acceptors (Lipinski definition) is 5. The lowest BCUT2D eigenvalue weighted by atomic mass is 10.1. The van der Waals surface area contributed by atoms with E-state index in [9.17, 15) is 13.2 Å². The predicted octanol–water partition coefficient (Wildman–Crippen LogP) is 3.89. The summed E-state index contributed by atoms with van der Waals surface area (Å²) in [6.45, 7) is 5.07. The smallest absolute Gasteiger partial charge is 0.257 e. The van der Waals surface area contributed by atoms with E-state index in [1.165, 1.54) is 10.4 Å². The summed E-state index contributed by atoms with van der Waals surface area (Å²) in [7, 11) is -3.73. The molecular weight excluding hydrogens is 464 g/mol. The SMILES string of the molecule is Cc1ccn2c(NC(=O)c3cc(S(=O)(=O)N4CCOCC4)ccc3C)c(-c3ccccc3)nc2c1. The van der Waals surface area contributed by atoms with Crippen LogP contribution in [0.5, 0.6) is 0 Å². The molecule has 1 fully saturated rings. The summed E-state index contributed by atoms with van der Waals surface area (Å²) in [6.07, 6.45) is 1.87. The van der Waals surface area contributed by atoms with Crippen molar-refractivity contribution in [1.82, 2.24) is 13.7 Å². The number of benzene rings is 2. The largest absolute Gasteiger partial charge is 0.379 e. The number of imidazole rings is 1. The highest BCUT2D eigenvalue weighted by atomic mass is 32.2. The van der Waals surface area contributed by atoms with Gasteiger partial charge in [-0.3, -0.25) is 9.20 Å². The molecule has 1 aliphatic heterocycles. The Morgan fingerprint density at radius 3 is 2.49 bits per heavy atom. The molecule has 2 aromatic heterocycles. The second-order valence-electron chi connectivity index (χ2n) is 8.55. The number of amides is 1. The number of nitrogens with one attached hydrogen (secondary N) is 1. The minimum atomic E-state index is -3.73. The molecule has 8 nitrogen and oxygen atoms in total. The first-order valence-corrected chi connectivity index (χ1v) is 12.8. The summed E-state index contributed by atoms with van der Waals surface area (Å²) in [5.41, 5.74) is 4.23. The van der Waals surface area contributed by atoms with Crippen molar-refractivity contribution in [2.75, 3.05) is 31.6 Å². The number of carbonyl (C=O) groups is 1. The fourth-order valence-electron chi connectivity index (χ4n) is 4.18. The number of hydrogen-bond donors (Lipinski definition) is 1. The Kier molecular flexibility index (Phi) is 6.14. The summed E-state index contributed by atoms with van der Waals surface area (Å²) >= 11 is 0. The van der Waals surface area contributed by atoms with Gasteiger partial charge in [0.15, 0.2) is 0 Å². The van der Waals surface area contributed by atoms with Crippen molar-refractivity contribution in [2.24, 2.45) is 0 Å². The average molecular weight is 491 g/mol. The first-order chi connectivity index (χ1) is 16.8. The number of anilines is 1. The van der Waals surface area contributed by atoms with E-state index in [4.69, 9.17) is 9.72 Å². The van der Waals surface area contributed by atoms with Crippen LogP contribution >= 0.6 is 0 Å². The number of aryl methyl sites for hydroxylation is 2. The molecule has 1 amide bonds. The zero-order valence-corrected chi connectivity index (χ0v) is 20.4. The number of ether oxygens (including phenoxy) is 1. The topological polar surface area (TPSA) is 93.0 Å². The third kappa shape index (κ3) is 4.45. The Morgan fingerprint density at radius 2 is 1.74 bits per heavy atom. The van der Waals surface area contributed by atoms with Gasteiger partial charge in [0.1, 0.15) is 17.2 Å². The molecule has 0 saturated carbocycles. The van der Waals surface area contributed by atoms with Gasteiger partial charge >= 0.3 is 0 Å². The molecule has 5 rings (SSSR count). The Hall–Kier alpha value is -3.53. The molecule has 1 N–H and O–H groups in total. The van der Waals surface area contributed by atoms with Crippen LogP contribution in [0.3, 0.4) is 0 Å². The number of morpholine rings is 1. The maximum Gasteiger partial charge on any atom is 0.257 e. The highest BCUT2D eigenvalue weighted by Gasteiger charge is 2.28. The van der Waals surface area contributed by atoms with Gasteiger partial charge in [0.05, 0.1) is 18.1 Å². The molecule has 9 heteroatoms. The van der Waals surface area contributed by atoms with Crippen molar-refractivity contribution in [3.05, 3.63) is 83.6 Å². The number of rotatable bonds is 5. The quantitative estimate of drug-likeness (QED) is 0.458. The van der Waals surface area contributed by atoms with Crippen LogP contribution < -0.4 is 5.32 Å². The fraction of sp³-hybridized carbons (Fsp3) is 0.231. The van der Waals surface area contributed by atoms with Crippen LogP contribution in [0.15, 0.2) is 71.8 Å². The molecule has 0 radical (unpaired) electrons. The molecule has 2 aromatic carbocycles. The first kappa shape index (κ1) is 23.2. The molecule has 180 valence electrons. The highest BCUT2D eigenvalue weighted by molar-refractivity contribution is 7.89. The van der Waals surface area contributed by atoms with Gasteiger partial charge in [-0.1, -0.05) is 36.4 Å². The van der Waals surface area contributed by atoms with Gasteiger partial charge in [-0.05, 0) is 49.2 Å². The molecule has 0 bridgehead atoms. The van der Waals surface area contributed by atoms with Crippen molar-refractivity contribution in [3.8, 4) is 11.3 Å². The normalized spacial score (nSPS) is 14.8. The van der Waals surface area contributed by atoms with Crippen molar-refractivity contribution in [2.45, 2.75) is 18.7 Å². The average Bonchev–Trinajstić information content (AvgIpc) is 3.22. The second kappa shape index (κ2) is 9.26. The number of carbonyl (C=O) groups excluding carboxylic acids is 1. The third-order valence-corrected chi connectivity index (χ3v) is 8.02. The number of pyridine rings is 1. The van der Waals surface area contributed by atoms with E-state index in [1.54, 1.807) is 19.1 Å². The van der Waals surface area contributed by atoms with Crippen LogP contribution in [-0.2, 0) is 14.8 Å². The fourth-order valence-corrected chi connectivity index (χ4v) is 5.62. The zero-order chi connectivity index (χ0) is 24.6. The van der Waals surface area contributed by atoms with Crippen molar-refractivity contribution in [3.63, 3.8) is 0 Å². The zero-order valence-electron chi connectivity index (χ0n) is 19.6. The molecule has 0 aliphatic carbocycles. The summed E-state index contributed by atoms with van der Waals surface area (Å²) in [6, 6.07) is 18.2. The van der Waals surface area contributed by atoms with E-state index < -0.39 is 15.9 Å². The Bertz CT molecular complexity index is 1510. The van der Waals surface area contributed by atoms with Crippen LogP contribution in [0.4, 0.5) is 5.82 Å². The lowest BCUT2D eigenvalue weighted by molar-refractivity contribution is 0.0730. The monoisotopic (exact) mass is 490 g/mol. The van der Waals surface area contributed by atoms with E-state index in [0.717, 1.165) is 11.1 Å². The summed E-state index contributed by atoms with van der Waals surface area (Å²) < 4.78 is 34.8. The van der Waals surface area contributed by atoms with Gasteiger partial charge < -0.3 is 10.1 Å². The van der Waals surface area contributed by atoms with Gasteiger partial charge in [0, 0.05) is 30.4 Å². The summed E-state index contributed by atoms with van der Waals surface area (Å²) in [5, 5.41) is 3.00. The number of nitrogens with zero attached hydrogens (tertiary/aromatic N) is 3. The Labute approximate surface area is 204 Å². The number of aromatic nitrogens is 2. The molecular formula is C26H26N4O4S. The molecule has 1 saturated heterocycles. The van der Waals surface area contributed by atoms with Crippen LogP contribution in [0.1, 0.15) is 21.5 Å². The van der Waals surface area contributed by atoms with Crippen molar-refractivity contribution in [1.29, 1.82) is 0 Å². The Morgan fingerprint density at radius 1 is 1.00 bits per heavy atom. The Balaban J connectivity index is 1.54. The first-order valence-electron chi connectivity index (χ1n) is 11.4. The van der Waals surface area contributed by atoms with Gasteiger partial charge in [-0.2, -0.15) is 4.31 Å². The highest BCUT2D eigenvalue weighted by Crippen LogP contribution is 2.30. The maximum absolute atomic E-state index is 13.5. The molecule has 0 atom stereocenters. The van der Waals surface area contributed by atoms with Gasteiger partial charge in [0.25, 0.3) is 5.91 Å². The number of sulfonamides is 1. The lowest BCUT2D eigenvalue weighted by Crippen LogP contribution is -2.40. The van der Waals surface area contributed by atoms with Crippen molar-refractivity contribution < 1.29 is 17.9 Å². The van der Waals surface area contributed by atoms with E-state index in [2.05, 4.69) is 5.32 Å². The maximum atomic E-state index is 13.5. The van der Waals surface area contributed by atoms with Gasteiger partial charge in [-0.25, -0.2) is 13.4 Å². The third-order valence-electron chi connectivity index (χ3n) is 6.12. The molecule has 35 heavy (non-hydrogen) atoms. The molecule has 3 heterocycles. The summed E-state index contributed by atoms with van der Waals surface area (Å²) in [5.74, 6) is 0.123. The molecule has 0 unspecified atom stereocenters. The minimum Gasteiger partial charge on any atom is -0.379 e.